The molecule has 0 bridgehead atoms. The van der Waals surface area contributed by atoms with E-state index in [4.69, 9.17) is 4.74 Å². The van der Waals surface area contributed by atoms with Crippen molar-refractivity contribution >= 4 is 38.2 Å². The average Bonchev–Trinajstić information content (AvgIpc) is 3.01. The van der Waals surface area contributed by atoms with E-state index in [2.05, 4.69) is 10.5 Å². The normalized spacial score (nSPS) is 11.8. The third kappa shape index (κ3) is 2.84. The number of benzene rings is 3. The lowest BCUT2D eigenvalue weighted by atomic mass is 10.1. The maximum atomic E-state index is 12.7. The average molecular weight is 363 g/mol. The van der Waals surface area contributed by atoms with Crippen molar-refractivity contribution in [1.82, 2.24) is 9.99 Å². The zero-order valence-electron chi connectivity index (χ0n) is 14.4. The molecule has 0 radical (unpaired) electrons. The van der Waals surface area contributed by atoms with Gasteiger partial charge in [-0.15, -0.1) is 5.10 Å². The number of hydrogen-bond acceptors (Lipinski definition) is 4. The SMILES string of the molecule is COc1cc2ccccc2cc1C(=O)N/N=c1/sc2ccccc2n1C. The van der Waals surface area contributed by atoms with Crippen LogP contribution in [0.5, 0.6) is 5.75 Å². The van der Waals surface area contributed by atoms with Gasteiger partial charge in [-0.05, 0) is 35.0 Å². The Morgan fingerprint density at radius 2 is 1.77 bits per heavy atom. The molecule has 130 valence electrons. The van der Waals surface area contributed by atoms with Crippen LogP contribution < -0.4 is 15.0 Å². The highest BCUT2D eigenvalue weighted by molar-refractivity contribution is 7.16. The van der Waals surface area contributed by atoms with Gasteiger partial charge in [-0.2, -0.15) is 0 Å². The largest absolute Gasteiger partial charge is 0.496 e. The summed E-state index contributed by atoms with van der Waals surface area (Å²) in [5, 5.41) is 6.30. The van der Waals surface area contributed by atoms with E-state index in [-0.39, 0.29) is 5.91 Å². The Kier molecular flexibility index (Phi) is 4.18. The van der Waals surface area contributed by atoms with E-state index in [0.29, 0.717) is 11.3 Å². The van der Waals surface area contributed by atoms with Gasteiger partial charge in [0.25, 0.3) is 5.91 Å². The van der Waals surface area contributed by atoms with Crippen molar-refractivity contribution in [2.45, 2.75) is 0 Å². The van der Waals surface area contributed by atoms with Crippen molar-refractivity contribution in [2.75, 3.05) is 7.11 Å². The highest BCUT2D eigenvalue weighted by atomic mass is 32.1. The van der Waals surface area contributed by atoms with Crippen molar-refractivity contribution in [3.05, 3.63) is 71.0 Å². The lowest BCUT2D eigenvalue weighted by molar-refractivity contribution is 0.0950. The fraction of sp³-hybridized carbons (Fsp3) is 0.100. The highest BCUT2D eigenvalue weighted by Gasteiger charge is 2.13. The number of carbonyl (C=O) groups excluding carboxylic acids is 1. The molecule has 0 aliphatic heterocycles. The third-order valence-electron chi connectivity index (χ3n) is 4.28. The van der Waals surface area contributed by atoms with Gasteiger partial charge in [-0.25, -0.2) is 5.43 Å². The van der Waals surface area contributed by atoms with Crippen LogP contribution in [0.4, 0.5) is 0 Å². The highest BCUT2D eigenvalue weighted by Crippen LogP contribution is 2.25. The number of nitrogens with one attached hydrogen (secondary N) is 1. The van der Waals surface area contributed by atoms with Gasteiger partial charge in [0, 0.05) is 7.05 Å². The monoisotopic (exact) mass is 363 g/mol. The first-order valence-electron chi connectivity index (χ1n) is 8.13. The standard InChI is InChI=1S/C20H17N3O2S/c1-23-16-9-5-6-10-18(16)26-20(23)22-21-19(24)15-11-13-7-3-4-8-14(13)12-17(15)25-2/h3-12H,1-2H3,(H,21,24)/b22-20+. The van der Waals surface area contributed by atoms with Crippen LogP contribution in [0, 0.1) is 0 Å². The lowest BCUT2D eigenvalue weighted by Crippen LogP contribution is -2.23. The number of rotatable bonds is 3. The lowest BCUT2D eigenvalue weighted by Gasteiger charge is -2.09. The summed E-state index contributed by atoms with van der Waals surface area (Å²) < 4.78 is 8.47. The van der Waals surface area contributed by atoms with Gasteiger partial charge in [-0.3, -0.25) is 4.79 Å². The molecule has 0 aliphatic rings. The topological polar surface area (TPSA) is 55.6 Å². The molecular formula is C20H17N3O2S. The summed E-state index contributed by atoms with van der Waals surface area (Å²) in [7, 11) is 3.49. The van der Waals surface area contributed by atoms with Gasteiger partial charge in [0.1, 0.15) is 5.75 Å². The first-order chi connectivity index (χ1) is 12.7. The van der Waals surface area contributed by atoms with E-state index in [9.17, 15) is 4.79 Å². The predicted octanol–water partition coefficient (Wildman–Crippen LogP) is 3.65. The summed E-state index contributed by atoms with van der Waals surface area (Å²) in [4.78, 5) is 13.4. The molecule has 0 unspecified atom stereocenters. The fourth-order valence-corrected chi connectivity index (χ4v) is 3.89. The Hall–Kier alpha value is -3.12. The molecule has 4 aromatic rings. The molecule has 6 heteroatoms. The number of thiazole rings is 1. The second-order valence-corrected chi connectivity index (χ2v) is 6.87. The molecule has 0 saturated carbocycles. The van der Waals surface area contributed by atoms with Crippen LogP contribution in [0.2, 0.25) is 0 Å². The Labute approximate surface area is 154 Å². The molecule has 0 saturated heterocycles. The molecule has 0 spiro atoms. The summed E-state index contributed by atoms with van der Waals surface area (Å²) in [6.07, 6.45) is 0. The van der Waals surface area contributed by atoms with Crippen molar-refractivity contribution < 1.29 is 9.53 Å². The second-order valence-electron chi connectivity index (χ2n) is 5.86. The van der Waals surface area contributed by atoms with E-state index in [1.54, 1.807) is 7.11 Å². The number of aromatic nitrogens is 1. The number of para-hydroxylation sites is 1. The Morgan fingerprint density at radius 1 is 1.08 bits per heavy atom. The minimum absolute atomic E-state index is 0.301. The van der Waals surface area contributed by atoms with E-state index >= 15 is 0 Å². The molecule has 5 nitrogen and oxygen atoms in total. The summed E-state index contributed by atoms with van der Waals surface area (Å²) in [6.45, 7) is 0. The number of amides is 1. The number of methoxy groups -OCH3 is 1. The predicted molar refractivity (Wildman–Crippen MR) is 104 cm³/mol. The van der Waals surface area contributed by atoms with Crippen molar-refractivity contribution in [3.63, 3.8) is 0 Å². The summed E-state index contributed by atoms with van der Waals surface area (Å²) in [5.41, 5.74) is 4.19. The molecule has 1 N–H and O–H groups in total. The number of carbonyl (C=O) groups is 1. The molecule has 3 aromatic carbocycles. The minimum Gasteiger partial charge on any atom is -0.496 e. The van der Waals surface area contributed by atoms with Crippen LogP contribution in [-0.2, 0) is 7.05 Å². The molecule has 1 amide bonds. The molecule has 4 rings (SSSR count). The molecule has 0 aliphatic carbocycles. The summed E-state index contributed by atoms with van der Waals surface area (Å²) in [6, 6.07) is 19.6. The van der Waals surface area contributed by atoms with Gasteiger partial charge in [0.15, 0.2) is 0 Å². The van der Waals surface area contributed by atoms with Gasteiger partial charge in [0.2, 0.25) is 4.80 Å². The molecule has 26 heavy (non-hydrogen) atoms. The van der Waals surface area contributed by atoms with Crippen molar-refractivity contribution in [2.24, 2.45) is 12.1 Å². The second kappa shape index (κ2) is 6.65. The van der Waals surface area contributed by atoms with Crippen LogP contribution in [0.1, 0.15) is 10.4 Å². The van der Waals surface area contributed by atoms with Crippen molar-refractivity contribution in [3.8, 4) is 5.75 Å². The quantitative estimate of drug-likeness (QED) is 0.565. The maximum absolute atomic E-state index is 12.7. The first kappa shape index (κ1) is 16.4. The molecule has 0 fully saturated rings. The van der Waals surface area contributed by atoms with Crippen molar-refractivity contribution in [1.29, 1.82) is 0 Å². The Morgan fingerprint density at radius 3 is 2.50 bits per heavy atom. The number of fused-ring (bicyclic) bond motifs is 2. The Balaban J connectivity index is 1.71. The van der Waals surface area contributed by atoms with E-state index < -0.39 is 0 Å². The summed E-state index contributed by atoms with van der Waals surface area (Å²) in [5.74, 6) is 0.224. The number of aryl methyl sites for hydroxylation is 1. The third-order valence-corrected chi connectivity index (χ3v) is 5.39. The van der Waals surface area contributed by atoms with E-state index in [1.165, 1.54) is 11.3 Å². The fourth-order valence-electron chi connectivity index (χ4n) is 2.91. The van der Waals surface area contributed by atoms with Crippen LogP contribution in [0.15, 0.2) is 65.8 Å². The first-order valence-corrected chi connectivity index (χ1v) is 8.94. The van der Waals surface area contributed by atoms with Crippen LogP contribution in [0.3, 0.4) is 0 Å². The van der Waals surface area contributed by atoms with Crippen LogP contribution >= 0.6 is 11.3 Å². The number of nitrogens with zero attached hydrogens (tertiary/aromatic N) is 2. The van der Waals surface area contributed by atoms with E-state index in [0.717, 1.165) is 25.8 Å². The number of ether oxygens (including phenoxy) is 1. The zero-order chi connectivity index (χ0) is 18.1. The molecular weight excluding hydrogens is 346 g/mol. The van der Waals surface area contributed by atoms with Crippen LogP contribution in [-0.4, -0.2) is 17.6 Å². The molecule has 1 heterocycles. The van der Waals surface area contributed by atoms with Crippen LogP contribution in [0.25, 0.3) is 21.0 Å². The Bertz CT molecular complexity index is 1190. The van der Waals surface area contributed by atoms with Gasteiger partial charge in [0.05, 0.1) is 22.9 Å². The summed E-state index contributed by atoms with van der Waals surface area (Å²) >= 11 is 1.52. The molecule has 0 atom stereocenters. The van der Waals surface area contributed by atoms with Gasteiger partial charge < -0.3 is 9.30 Å². The minimum atomic E-state index is -0.301. The molecule has 1 aromatic heterocycles. The van der Waals surface area contributed by atoms with E-state index in [1.807, 2.05) is 72.3 Å². The smallest absolute Gasteiger partial charge is 0.275 e. The number of hydrogen-bond donors (Lipinski definition) is 1. The maximum Gasteiger partial charge on any atom is 0.275 e. The van der Waals surface area contributed by atoms with Gasteiger partial charge >= 0.3 is 0 Å². The zero-order valence-corrected chi connectivity index (χ0v) is 15.2. The van der Waals surface area contributed by atoms with Gasteiger partial charge in [-0.1, -0.05) is 47.7 Å².